The van der Waals surface area contributed by atoms with Crippen molar-refractivity contribution >= 4 is 0 Å². The van der Waals surface area contributed by atoms with Crippen LogP contribution < -0.4 is 14.2 Å². The maximum atomic E-state index is 9.91. The van der Waals surface area contributed by atoms with Crippen molar-refractivity contribution in [2.24, 2.45) is 0 Å². The van der Waals surface area contributed by atoms with E-state index in [4.69, 9.17) is 18.7 Å². The molecule has 1 fully saturated rings. The Balaban J connectivity index is 1.39. The average molecular weight is 422 g/mol. The molecule has 1 saturated heterocycles. The van der Waals surface area contributed by atoms with Gasteiger partial charge in [0.05, 0.1) is 13.2 Å². The fourth-order valence-electron chi connectivity index (χ4n) is 4.38. The Morgan fingerprint density at radius 3 is 2.87 bits per heavy atom. The van der Waals surface area contributed by atoms with Crippen LogP contribution in [0.4, 0.5) is 0 Å². The molecule has 1 aromatic heterocycles. The van der Waals surface area contributed by atoms with E-state index in [1.54, 1.807) is 13.2 Å². The number of hydrogen-bond donors (Lipinski definition) is 1. The highest BCUT2D eigenvalue weighted by Crippen LogP contribution is 2.38. The Hall–Kier alpha value is -3.19. The first-order valence-corrected chi connectivity index (χ1v) is 10.7. The third-order valence-corrected chi connectivity index (χ3v) is 6.02. The van der Waals surface area contributed by atoms with Gasteiger partial charge in [0.2, 0.25) is 6.79 Å². The Kier molecular flexibility index (Phi) is 5.42. The molecule has 162 valence electrons. The number of phenols is 1. The van der Waals surface area contributed by atoms with Crippen LogP contribution in [-0.2, 0) is 6.54 Å². The quantitative estimate of drug-likeness (QED) is 0.626. The maximum Gasteiger partial charge on any atom is 0.231 e. The third-order valence-electron chi connectivity index (χ3n) is 6.02. The Morgan fingerprint density at radius 2 is 1.97 bits per heavy atom. The van der Waals surface area contributed by atoms with Gasteiger partial charge in [-0.15, -0.1) is 0 Å². The van der Waals surface area contributed by atoms with Crippen molar-refractivity contribution in [1.29, 1.82) is 0 Å². The zero-order valence-corrected chi connectivity index (χ0v) is 17.5. The minimum atomic E-state index is 0.156. The van der Waals surface area contributed by atoms with Gasteiger partial charge in [0.1, 0.15) is 5.69 Å². The number of phenolic OH excluding ortho intramolecular Hbond substituents is 1. The fraction of sp³-hybridized carbons (Fsp3) is 0.375. The molecule has 0 spiro atoms. The molecule has 0 aliphatic carbocycles. The molecule has 0 amide bonds. The normalized spacial score (nSPS) is 18.7. The number of likely N-dealkylation sites (tertiary alicyclic amines) is 1. The second kappa shape index (κ2) is 8.51. The molecule has 2 aromatic carbocycles. The van der Waals surface area contributed by atoms with Gasteiger partial charge >= 0.3 is 0 Å². The number of fused-ring (bicyclic) bond motifs is 1. The number of nitrogens with zero attached hydrogens (tertiary/aromatic N) is 2. The van der Waals surface area contributed by atoms with E-state index in [0.29, 0.717) is 5.75 Å². The highest BCUT2D eigenvalue weighted by Gasteiger charge is 2.26. The van der Waals surface area contributed by atoms with Crippen LogP contribution in [0, 0.1) is 0 Å². The third kappa shape index (κ3) is 4.05. The van der Waals surface area contributed by atoms with Crippen molar-refractivity contribution < 1.29 is 23.8 Å². The predicted octanol–water partition coefficient (Wildman–Crippen LogP) is 4.90. The van der Waals surface area contributed by atoms with Crippen LogP contribution >= 0.6 is 0 Å². The lowest BCUT2D eigenvalue weighted by atomic mass is 10.0. The lowest BCUT2D eigenvalue weighted by Crippen LogP contribution is -2.28. The second-order valence-corrected chi connectivity index (χ2v) is 8.03. The molecule has 1 N–H and O–H groups in total. The van der Waals surface area contributed by atoms with Crippen molar-refractivity contribution in [1.82, 2.24) is 10.1 Å². The monoisotopic (exact) mass is 422 g/mol. The number of benzene rings is 2. The van der Waals surface area contributed by atoms with Gasteiger partial charge in [0.25, 0.3) is 0 Å². The second-order valence-electron chi connectivity index (χ2n) is 8.03. The van der Waals surface area contributed by atoms with E-state index < -0.39 is 0 Å². The highest BCUT2D eigenvalue weighted by atomic mass is 16.7. The van der Waals surface area contributed by atoms with E-state index >= 15 is 0 Å². The molecular weight excluding hydrogens is 396 g/mol. The van der Waals surface area contributed by atoms with Crippen molar-refractivity contribution in [3.63, 3.8) is 0 Å². The van der Waals surface area contributed by atoms with E-state index in [9.17, 15) is 5.11 Å². The van der Waals surface area contributed by atoms with Gasteiger partial charge < -0.3 is 23.8 Å². The van der Waals surface area contributed by atoms with Crippen molar-refractivity contribution in [2.75, 3.05) is 20.4 Å². The molecule has 0 saturated carbocycles. The molecule has 0 bridgehead atoms. The van der Waals surface area contributed by atoms with Gasteiger partial charge in [-0.1, -0.05) is 24.1 Å². The number of methoxy groups -OCH3 is 1. The fourth-order valence-corrected chi connectivity index (χ4v) is 4.38. The van der Waals surface area contributed by atoms with Gasteiger partial charge in [-0.3, -0.25) is 4.90 Å². The SMILES string of the molecule is COc1cc(CN2CCCCCC2c2cc(-c3ccc4c(c3)OCO4)on2)ccc1O. The molecule has 1 unspecified atom stereocenters. The molecule has 2 aliphatic rings. The van der Waals surface area contributed by atoms with Crippen LogP contribution in [0.5, 0.6) is 23.0 Å². The molecule has 7 nitrogen and oxygen atoms in total. The molecule has 31 heavy (non-hydrogen) atoms. The summed E-state index contributed by atoms with van der Waals surface area (Å²) >= 11 is 0. The predicted molar refractivity (Wildman–Crippen MR) is 114 cm³/mol. The van der Waals surface area contributed by atoms with Gasteiger partial charge in [0.15, 0.2) is 28.8 Å². The lowest BCUT2D eigenvalue weighted by molar-refractivity contribution is 0.174. The topological polar surface area (TPSA) is 77.2 Å². The summed E-state index contributed by atoms with van der Waals surface area (Å²) in [5.41, 5.74) is 2.97. The molecule has 1 atom stereocenters. The van der Waals surface area contributed by atoms with E-state index in [-0.39, 0.29) is 18.6 Å². The van der Waals surface area contributed by atoms with E-state index in [2.05, 4.69) is 10.1 Å². The summed E-state index contributed by atoms with van der Waals surface area (Å²) in [6.07, 6.45) is 4.55. The number of aromatic nitrogens is 1. The van der Waals surface area contributed by atoms with E-state index in [1.807, 2.05) is 36.4 Å². The zero-order chi connectivity index (χ0) is 21.2. The average Bonchev–Trinajstić information content (AvgIpc) is 3.40. The smallest absolute Gasteiger partial charge is 0.231 e. The molecule has 3 heterocycles. The van der Waals surface area contributed by atoms with Gasteiger partial charge in [-0.05, 0) is 55.3 Å². The Bertz CT molecular complexity index is 1060. The van der Waals surface area contributed by atoms with Crippen molar-refractivity contribution in [3.05, 3.63) is 53.7 Å². The highest BCUT2D eigenvalue weighted by molar-refractivity contribution is 5.63. The number of hydrogen-bond acceptors (Lipinski definition) is 7. The molecular formula is C24H26N2O5. The van der Waals surface area contributed by atoms with Gasteiger partial charge in [-0.25, -0.2) is 0 Å². The van der Waals surface area contributed by atoms with Crippen LogP contribution in [-0.4, -0.2) is 35.6 Å². The summed E-state index contributed by atoms with van der Waals surface area (Å²) in [6, 6.07) is 13.5. The molecule has 5 rings (SSSR count). The van der Waals surface area contributed by atoms with Crippen LogP contribution in [0.1, 0.15) is 43.0 Å². The number of aromatic hydroxyl groups is 1. The number of rotatable bonds is 5. The van der Waals surface area contributed by atoms with Gasteiger partial charge in [0, 0.05) is 18.2 Å². The largest absolute Gasteiger partial charge is 0.504 e. The minimum Gasteiger partial charge on any atom is -0.504 e. The van der Waals surface area contributed by atoms with Crippen LogP contribution in [0.15, 0.2) is 47.0 Å². The lowest BCUT2D eigenvalue weighted by Gasteiger charge is -2.28. The van der Waals surface area contributed by atoms with Crippen molar-refractivity contribution in [2.45, 2.75) is 38.3 Å². The number of ether oxygens (including phenoxy) is 3. The van der Waals surface area contributed by atoms with Crippen molar-refractivity contribution in [3.8, 4) is 34.3 Å². The standard InChI is InChI=1S/C24H26N2O5/c1-28-23-11-16(6-8-20(23)27)14-26-10-4-2-3-5-19(26)18-13-22(31-25-18)17-7-9-21-24(12-17)30-15-29-21/h6-9,11-13,19,27H,2-5,10,14-15H2,1H3. The molecule has 3 aromatic rings. The summed E-state index contributed by atoms with van der Waals surface area (Å²) in [6.45, 7) is 1.99. The molecule has 2 aliphatic heterocycles. The summed E-state index contributed by atoms with van der Waals surface area (Å²) in [7, 11) is 1.57. The molecule has 7 heteroatoms. The van der Waals surface area contributed by atoms with Crippen LogP contribution in [0.2, 0.25) is 0 Å². The summed E-state index contributed by atoms with van der Waals surface area (Å²) < 4.78 is 21.9. The first kappa shape index (κ1) is 19.8. The van der Waals surface area contributed by atoms with Crippen LogP contribution in [0.3, 0.4) is 0 Å². The van der Waals surface area contributed by atoms with Crippen LogP contribution in [0.25, 0.3) is 11.3 Å². The Labute approximate surface area is 181 Å². The van der Waals surface area contributed by atoms with Gasteiger partial charge in [-0.2, -0.15) is 0 Å². The summed E-state index contributed by atoms with van der Waals surface area (Å²) in [4.78, 5) is 2.44. The Morgan fingerprint density at radius 1 is 1.06 bits per heavy atom. The minimum absolute atomic E-state index is 0.156. The first-order chi connectivity index (χ1) is 15.2. The molecule has 0 radical (unpaired) electrons. The van der Waals surface area contributed by atoms with E-state index in [0.717, 1.165) is 66.4 Å². The maximum absolute atomic E-state index is 9.91. The van der Waals surface area contributed by atoms with E-state index in [1.165, 1.54) is 6.42 Å². The zero-order valence-electron chi connectivity index (χ0n) is 17.5. The first-order valence-electron chi connectivity index (χ1n) is 10.7. The summed E-state index contributed by atoms with van der Waals surface area (Å²) in [5.74, 6) is 2.86. The summed E-state index contributed by atoms with van der Waals surface area (Å²) in [5, 5.41) is 14.3.